The van der Waals surface area contributed by atoms with E-state index in [9.17, 15) is 8.42 Å². The Balaban J connectivity index is 1.70. The van der Waals surface area contributed by atoms with Crippen molar-refractivity contribution in [1.29, 1.82) is 0 Å². The highest BCUT2D eigenvalue weighted by Crippen LogP contribution is 2.43. The molecule has 2 aromatic rings. The molecule has 1 N–H and O–H groups in total. The van der Waals surface area contributed by atoms with E-state index in [-0.39, 0.29) is 15.8 Å². The normalized spacial score (nSPS) is 16.8. The fourth-order valence-electron chi connectivity index (χ4n) is 2.80. The number of nitrogens with one attached hydrogen (secondary N) is 1. The van der Waals surface area contributed by atoms with Gasteiger partial charge < -0.3 is 9.47 Å². The van der Waals surface area contributed by atoms with Crippen LogP contribution in [0.25, 0.3) is 0 Å². The summed E-state index contributed by atoms with van der Waals surface area (Å²) >= 11 is 6.22. The Kier molecular flexibility index (Phi) is 4.40. The first-order valence-corrected chi connectivity index (χ1v) is 10.3. The van der Waals surface area contributed by atoms with Gasteiger partial charge in [0, 0.05) is 18.4 Å². The van der Waals surface area contributed by atoms with Gasteiger partial charge in [-0.2, -0.15) is 0 Å². The van der Waals surface area contributed by atoms with Crippen molar-refractivity contribution in [3.05, 3.63) is 34.9 Å². The summed E-state index contributed by atoms with van der Waals surface area (Å²) in [6.45, 7) is 2.70. The third-order valence-corrected chi connectivity index (χ3v) is 5.86. The zero-order chi connectivity index (χ0) is 18.3. The van der Waals surface area contributed by atoms with Crippen molar-refractivity contribution < 1.29 is 17.9 Å². The van der Waals surface area contributed by atoms with Gasteiger partial charge in [-0.25, -0.2) is 18.4 Å². The van der Waals surface area contributed by atoms with Gasteiger partial charge in [0.25, 0.3) is 10.0 Å². The first-order valence-electron chi connectivity index (χ1n) is 8.39. The topological polar surface area (TPSA) is 90.4 Å². The Morgan fingerprint density at radius 3 is 2.77 bits per heavy atom. The quantitative estimate of drug-likeness (QED) is 0.854. The van der Waals surface area contributed by atoms with Crippen LogP contribution in [-0.2, 0) is 10.0 Å². The second kappa shape index (κ2) is 6.59. The molecule has 2 heterocycles. The zero-order valence-electron chi connectivity index (χ0n) is 14.2. The van der Waals surface area contributed by atoms with Crippen molar-refractivity contribution >= 4 is 27.3 Å². The molecule has 4 rings (SSSR count). The molecule has 7 nitrogen and oxygen atoms in total. The Bertz CT molecular complexity index is 961. The van der Waals surface area contributed by atoms with E-state index >= 15 is 0 Å². The van der Waals surface area contributed by atoms with E-state index in [4.69, 9.17) is 21.1 Å². The summed E-state index contributed by atoms with van der Waals surface area (Å²) < 4.78 is 39.5. The second-order valence-electron chi connectivity index (χ2n) is 6.38. The molecular weight excluding hydrogens is 378 g/mol. The maximum Gasteiger partial charge on any atom is 0.262 e. The molecule has 0 amide bonds. The largest absolute Gasteiger partial charge is 0.489 e. The minimum absolute atomic E-state index is 0.00840. The van der Waals surface area contributed by atoms with Crippen LogP contribution in [0.15, 0.2) is 23.2 Å². The number of rotatable bonds is 4. The van der Waals surface area contributed by atoms with Crippen LogP contribution in [0.4, 0.5) is 5.69 Å². The average molecular weight is 396 g/mol. The lowest BCUT2D eigenvalue weighted by molar-refractivity contribution is 0.297. The van der Waals surface area contributed by atoms with Crippen LogP contribution in [0.2, 0.25) is 5.02 Å². The van der Waals surface area contributed by atoms with Crippen LogP contribution in [-0.4, -0.2) is 31.6 Å². The molecule has 0 bridgehead atoms. The molecule has 2 aliphatic rings. The van der Waals surface area contributed by atoms with E-state index in [0.29, 0.717) is 42.6 Å². The van der Waals surface area contributed by atoms with Gasteiger partial charge in [0.1, 0.15) is 5.82 Å². The van der Waals surface area contributed by atoms with Gasteiger partial charge in [0.15, 0.2) is 11.5 Å². The predicted octanol–water partition coefficient (Wildman–Crippen LogP) is 3.28. The van der Waals surface area contributed by atoms with Crippen molar-refractivity contribution in [2.45, 2.75) is 37.0 Å². The molecular formula is C17H18ClN3O4S. The van der Waals surface area contributed by atoms with Gasteiger partial charge in [0.2, 0.25) is 0 Å². The van der Waals surface area contributed by atoms with Gasteiger partial charge >= 0.3 is 0 Å². The van der Waals surface area contributed by atoms with Crippen molar-refractivity contribution in [3.63, 3.8) is 0 Å². The number of hydrogen-bond donors (Lipinski definition) is 1. The predicted molar refractivity (Wildman–Crippen MR) is 96.6 cm³/mol. The Labute approximate surface area is 156 Å². The zero-order valence-corrected chi connectivity index (χ0v) is 15.7. The Hall–Kier alpha value is -2.06. The minimum Gasteiger partial charge on any atom is -0.489 e. The van der Waals surface area contributed by atoms with E-state index in [1.165, 1.54) is 18.3 Å². The average Bonchev–Trinajstić information content (AvgIpc) is 3.42. The minimum atomic E-state index is -3.87. The molecule has 0 spiro atoms. The molecule has 1 aromatic carbocycles. The summed E-state index contributed by atoms with van der Waals surface area (Å²) in [5.41, 5.74) is 1.14. The van der Waals surface area contributed by atoms with Crippen LogP contribution in [0.1, 0.15) is 36.7 Å². The summed E-state index contributed by atoms with van der Waals surface area (Å²) in [6.07, 6.45) is 4.22. The van der Waals surface area contributed by atoms with E-state index in [0.717, 1.165) is 18.5 Å². The van der Waals surface area contributed by atoms with E-state index in [2.05, 4.69) is 14.7 Å². The summed E-state index contributed by atoms with van der Waals surface area (Å²) in [7, 11) is -3.87. The van der Waals surface area contributed by atoms with Gasteiger partial charge in [0.05, 0.1) is 40.7 Å². The van der Waals surface area contributed by atoms with E-state index < -0.39 is 10.0 Å². The molecule has 0 radical (unpaired) electrons. The Morgan fingerprint density at radius 1 is 1.23 bits per heavy atom. The van der Waals surface area contributed by atoms with Gasteiger partial charge in [-0.15, -0.1) is 0 Å². The maximum absolute atomic E-state index is 12.9. The van der Waals surface area contributed by atoms with Gasteiger partial charge in [-0.1, -0.05) is 11.6 Å². The molecule has 1 aliphatic heterocycles. The number of aryl methyl sites for hydroxylation is 1. The van der Waals surface area contributed by atoms with Crippen LogP contribution in [0, 0.1) is 6.92 Å². The molecule has 1 aromatic heterocycles. The summed E-state index contributed by atoms with van der Waals surface area (Å²) in [4.78, 5) is 8.53. The fourth-order valence-corrected chi connectivity index (χ4v) is 4.23. The smallest absolute Gasteiger partial charge is 0.262 e. The number of fused-ring (bicyclic) bond motifs is 1. The lowest BCUT2D eigenvalue weighted by Crippen LogP contribution is -2.15. The third kappa shape index (κ3) is 3.43. The maximum atomic E-state index is 12.9. The highest BCUT2D eigenvalue weighted by Gasteiger charge is 2.30. The standard InChI is InChI=1S/C17H18ClN3O4S/c1-10-19-9-14(16(20-10)11-3-4-11)21-26(22,23)12-7-13(18)17-15(8-12)24-5-2-6-25-17/h7-9,11,21H,2-6H2,1H3. The number of hydrogen-bond acceptors (Lipinski definition) is 6. The highest BCUT2D eigenvalue weighted by molar-refractivity contribution is 7.92. The van der Waals surface area contributed by atoms with Crippen LogP contribution in [0.3, 0.4) is 0 Å². The molecule has 26 heavy (non-hydrogen) atoms. The van der Waals surface area contributed by atoms with Gasteiger partial charge in [-0.3, -0.25) is 4.72 Å². The first kappa shape index (κ1) is 17.4. The van der Waals surface area contributed by atoms with Crippen molar-refractivity contribution in [3.8, 4) is 11.5 Å². The third-order valence-electron chi connectivity index (χ3n) is 4.23. The summed E-state index contributed by atoms with van der Waals surface area (Å²) in [6, 6.07) is 2.80. The fraction of sp³-hybridized carbons (Fsp3) is 0.412. The Morgan fingerprint density at radius 2 is 2.00 bits per heavy atom. The molecule has 1 fully saturated rings. The molecule has 1 saturated carbocycles. The lowest BCUT2D eigenvalue weighted by Gasteiger charge is -2.14. The van der Waals surface area contributed by atoms with Crippen LogP contribution < -0.4 is 14.2 Å². The number of nitrogens with zero attached hydrogens (tertiary/aromatic N) is 2. The van der Waals surface area contributed by atoms with Crippen molar-refractivity contribution in [1.82, 2.24) is 9.97 Å². The van der Waals surface area contributed by atoms with E-state index in [1.807, 2.05) is 0 Å². The number of aromatic nitrogens is 2. The molecule has 0 unspecified atom stereocenters. The number of ether oxygens (including phenoxy) is 2. The lowest BCUT2D eigenvalue weighted by atomic mass is 10.2. The summed E-state index contributed by atoms with van der Waals surface area (Å²) in [5.74, 6) is 1.61. The highest BCUT2D eigenvalue weighted by atomic mass is 35.5. The molecule has 1 aliphatic carbocycles. The number of halogens is 1. The number of anilines is 1. The van der Waals surface area contributed by atoms with Gasteiger partial charge in [-0.05, 0) is 25.8 Å². The molecule has 138 valence electrons. The van der Waals surface area contributed by atoms with E-state index in [1.54, 1.807) is 6.92 Å². The van der Waals surface area contributed by atoms with Crippen LogP contribution >= 0.6 is 11.6 Å². The van der Waals surface area contributed by atoms with Crippen molar-refractivity contribution in [2.24, 2.45) is 0 Å². The molecule has 0 atom stereocenters. The number of sulfonamides is 1. The second-order valence-corrected chi connectivity index (χ2v) is 8.47. The monoisotopic (exact) mass is 395 g/mol. The number of benzene rings is 1. The molecule has 9 heteroatoms. The first-order chi connectivity index (χ1) is 12.4. The van der Waals surface area contributed by atoms with Crippen LogP contribution in [0.5, 0.6) is 11.5 Å². The SMILES string of the molecule is Cc1ncc(NS(=O)(=O)c2cc(Cl)c3c(c2)OCCCO3)c(C2CC2)n1. The summed E-state index contributed by atoms with van der Waals surface area (Å²) in [5, 5.41) is 0.201. The molecule has 0 saturated heterocycles. The van der Waals surface area contributed by atoms with Crippen molar-refractivity contribution in [2.75, 3.05) is 17.9 Å².